The zero-order chi connectivity index (χ0) is 13.1. The third kappa shape index (κ3) is 2.55. The Bertz CT molecular complexity index is 557. The van der Waals surface area contributed by atoms with Gasteiger partial charge in [-0.2, -0.15) is 0 Å². The first-order valence-corrected chi connectivity index (χ1v) is 6.34. The van der Waals surface area contributed by atoms with Gasteiger partial charge >= 0.3 is 0 Å². The lowest BCUT2D eigenvalue weighted by molar-refractivity contribution is -0.117. The third-order valence-electron chi connectivity index (χ3n) is 3.31. The molecule has 18 heavy (non-hydrogen) atoms. The van der Waals surface area contributed by atoms with Crippen LogP contribution in [0.15, 0.2) is 30.5 Å². The molecule has 3 heteroatoms. The van der Waals surface area contributed by atoms with Crippen LogP contribution < -0.4 is 4.90 Å². The molecule has 0 atom stereocenters. The number of nitrogens with zero attached hydrogens (tertiary/aromatic N) is 2. The molecule has 1 aromatic heterocycles. The van der Waals surface area contributed by atoms with Gasteiger partial charge in [0, 0.05) is 44.2 Å². The van der Waals surface area contributed by atoms with Crippen molar-refractivity contribution in [3.8, 4) is 0 Å². The van der Waals surface area contributed by atoms with Crippen molar-refractivity contribution >= 4 is 22.4 Å². The standard InChI is InChI=1S/C15H20N2O/c1-12(18)7-6-10-16(2)15-11-17(3)14-9-5-4-8-13(14)15/h4-5,8-9,11H,6-7,10H2,1-3H3. The van der Waals surface area contributed by atoms with E-state index >= 15 is 0 Å². The second-order valence-corrected chi connectivity index (χ2v) is 4.87. The predicted octanol–water partition coefficient (Wildman–Crippen LogP) is 2.98. The highest BCUT2D eigenvalue weighted by Gasteiger charge is 2.09. The minimum Gasteiger partial charge on any atom is -0.373 e. The van der Waals surface area contributed by atoms with E-state index in [2.05, 4.69) is 54.0 Å². The number of rotatable bonds is 5. The molecule has 1 aromatic carbocycles. The smallest absolute Gasteiger partial charge is 0.129 e. The molecule has 1 heterocycles. The Hall–Kier alpha value is -1.77. The number of carbonyl (C=O) groups is 1. The summed E-state index contributed by atoms with van der Waals surface area (Å²) in [5.41, 5.74) is 2.47. The summed E-state index contributed by atoms with van der Waals surface area (Å²) in [7, 11) is 4.15. The van der Waals surface area contributed by atoms with Crippen molar-refractivity contribution in [1.82, 2.24) is 4.57 Å². The molecule has 0 spiro atoms. The molecular weight excluding hydrogens is 224 g/mol. The summed E-state index contributed by atoms with van der Waals surface area (Å²) in [5, 5.41) is 1.27. The van der Waals surface area contributed by atoms with Crippen molar-refractivity contribution < 1.29 is 4.79 Å². The molecular formula is C15H20N2O. The number of anilines is 1. The molecule has 0 aliphatic carbocycles. The van der Waals surface area contributed by atoms with Crippen molar-refractivity contribution in [1.29, 1.82) is 0 Å². The van der Waals surface area contributed by atoms with E-state index in [1.165, 1.54) is 16.6 Å². The molecule has 0 saturated carbocycles. The van der Waals surface area contributed by atoms with Crippen LogP contribution in [0.25, 0.3) is 10.9 Å². The van der Waals surface area contributed by atoms with E-state index in [1.807, 2.05) is 0 Å². The number of aromatic nitrogens is 1. The minimum atomic E-state index is 0.265. The lowest BCUT2D eigenvalue weighted by Crippen LogP contribution is -2.18. The number of Topliss-reactive ketones (excluding diaryl/α,β-unsaturated/α-hetero) is 1. The van der Waals surface area contributed by atoms with Crippen LogP contribution >= 0.6 is 0 Å². The van der Waals surface area contributed by atoms with Crippen LogP contribution in [0.5, 0.6) is 0 Å². The Morgan fingerprint density at radius 2 is 2.06 bits per heavy atom. The van der Waals surface area contributed by atoms with Gasteiger partial charge in [-0.25, -0.2) is 0 Å². The lowest BCUT2D eigenvalue weighted by atomic mass is 10.2. The molecule has 2 rings (SSSR count). The zero-order valence-electron chi connectivity index (χ0n) is 11.3. The largest absolute Gasteiger partial charge is 0.373 e. The highest BCUT2D eigenvalue weighted by Crippen LogP contribution is 2.27. The molecule has 0 saturated heterocycles. The third-order valence-corrected chi connectivity index (χ3v) is 3.31. The fourth-order valence-corrected chi connectivity index (χ4v) is 2.31. The van der Waals surface area contributed by atoms with E-state index in [4.69, 9.17) is 0 Å². The quantitative estimate of drug-likeness (QED) is 0.808. The van der Waals surface area contributed by atoms with E-state index < -0.39 is 0 Å². The summed E-state index contributed by atoms with van der Waals surface area (Å²) < 4.78 is 2.14. The monoisotopic (exact) mass is 244 g/mol. The van der Waals surface area contributed by atoms with Crippen molar-refractivity contribution in [2.24, 2.45) is 7.05 Å². The molecule has 0 aliphatic heterocycles. The Morgan fingerprint density at radius 3 is 2.78 bits per heavy atom. The SMILES string of the molecule is CC(=O)CCCN(C)c1cn(C)c2ccccc12. The predicted molar refractivity (Wildman–Crippen MR) is 76.1 cm³/mol. The Balaban J connectivity index is 2.17. The Labute approximate surface area is 108 Å². The van der Waals surface area contributed by atoms with Crippen molar-refractivity contribution in [3.63, 3.8) is 0 Å². The maximum atomic E-state index is 11.0. The number of para-hydroxylation sites is 1. The molecule has 0 aliphatic rings. The summed E-state index contributed by atoms with van der Waals surface area (Å²) in [5.74, 6) is 0.265. The molecule has 0 fully saturated rings. The number of ketones is 1. The van der Waals surface area contributed by atoms with Crippen LogP contribution in [0.1, 0.15) is 19.8 Å². The van der Waals surface area contributed by atoms with E-state index in [9.17, 15) is 4.79 Å². The normalized spacial score (nSPS) is 10.8. The first kappa shape index (κ1) is 12.7. The Kier molecular flexibility index (Phi) is 3.70. The van der Waals surface area contributed by atoms with E-state index in [0.29, 0.717) is 6.42 Å². The van der Waals surface area contributed by atoms with Gasteiger partial charge < -0.3 is 14.3 Å². The van der Waals surface area contributed by atoms with Gasteiger partial charge in [-0.1, -0.05) is 18.2 Å². The fourth-order valence-electron chi connectivity index (χ4n) is 2.31. The minimum absolute atomic E-state index is 0.265. The second-order valence-electron chi connectivity index (χ2n) is 4.87. The summed E-state index contributed by atoms with van der Waals surface area (Å²) in [6.07, 6.45) is 3.72. The van der Waals surface area contributed by atoms with Gasteiger partial charge in [0.15, 0.2) is 0 Å². The van der Waals surface area contributed by atoms with Gasteiger partial charge in [-0.3, -0.25) is 0 Å². The van der Waals surface area contributed by atoms with Gasteiger partial charge in [-0.05, 0) is 19.4 Å². The van der Waals surface area contributed by atoms with E-state index in [0.717, 1.165) is 13.0 Å². The maximum Gasteiger partial charge on any atom is 0.129 e. The van der Waals surface area contributed by atoms with Gasteiger partial charge in [0.2, 0.25) is 0 Å². The summed E-state index contributed by atoms with van der Waals surface area (Å²) in [6.45, 7) is 2.56. The fraction of sp³-hybridized carbons (Fsp3) is 0.400. The van der Waals surface area contributed by atoms with Crippen LogP contribution in [0.3, 0.4) is 0 Å². The average Bonchev–Trinajstić information content (AvgIpc) is 2.67. The van der Waals surface area contributed by atoms with Gasteiger partial charge in [0.25, 0.3) is 0 Å². The summed E-state index contributed by atoms with van der Waals surface area (Å²) >= 11 is 0. The molecule has 0 N–H and O–H groups in total. The molecule has 96 valence electrons. The maximum absolute atomic E-state index is 11.0. The first-order chi connectivity index (χ1) is 8.59. The van der Waals surface area contributed by atoms with Crippen molar-refractivity contribution in [3.05, 3.63) is 30.5 Å². The Morgan fingerprint density at radius 1 is 1.33 bits per heavy atom. The first-order valence-electron chi connectivity index (χ1n) is 6.34. The van der Waals surface area contributed by atoms with E-state index in [-0.39, 0.29) is 5.78 Å². The molecule has 2 aromatic rings. The van der Waals surface area contributed by atoms with Crippen LogP contribution in [0, 0.1) is 0 Å². The van der Waals surface area contributed by atoms with Crippen LogP contribution in [0.4, 0.5) is 5.69 Å². The van der Waals surface area contributed by atoms with Crippen molar-refractivity contribution in [2.75, 3.05) is 18.5 Å². The highest BCUT2D eigenvalue weighted by atomic mass is 16.1. The lowest BCUT2D eigenvalue weighted by Gasteiger charge is -2.17. The zero-order valence-corrected chi connectivity index (χ0v) is 11.3. The average molecular weight is 244 g/mol. The number of carbonyl (C=O) groups excluding carboxylic acids is 1. The number of benzene rings is 1. The molecule has 0 amide bonds. The van der Waals surface area contributed by atoms with Crippen LogP contribution in [-0.4, -0.2) is 23.9 Å². The molecule has 0 bridgehead atoms. The molecule has 3 nitrogen and oxygen atoms in total. The topological polar surface area (TPSA) is 25.2 Å². The summed E-state index contributed by atoms with van der Waals surface area (Å²) in [4.78, 5) is 13.2. The van der Waals surface area contributed by atoms with Crippen LogP contribution in [0.2, 0.25) is 0 Å². The second kappa shape index (κ2) is 5.25. The van der Waals surface area contributed by atoms with Crippen molar-refractivity contribution in [2.45, 2.75) is 19.8 Å². The van der Waals surface area contributed by atoms with Crippen LogP contribution in [-0.2, 0) is 11.8 Å². The van der Waals surface area contributed by atoms with E-state index in [1.54, 1.807) is 6.92 Å². The molecule has 0 radical (unpaired) electrons. The van der Waals surface area contributed by atoms with Gasteiger partial charge in [0.1, 0.15) is 5.78 Å². The van der Waals surface area contributed by atoms with Gasteiger partial charge in [0.05, 0.1) is 5.69 Å². The van der Waals surface area contributed by atoms with Gasteiger partial charge in [-0.15, -0.1) is 0 Å². The number of hydrogen-bond acceptors (Lipinski definition) is 2. The number of aryl methyl sites for hydroxylation is 1. The molecule has 0 unspecified atom stereocenters. The number of hydrogen-bond donors (Lipinski definition) is 0. The summed E-state index contributed by atoms with van der Waals surface area (Å²) in [6, 6.07) is 8.39. The number of fused-ring (bicyclic) bond motifs is 1. The highest BCUT2D eigenvalue weighted by molar-refractivity contribution is 5.93.